The fourth-order valence-corrected chi connectivity index (χ4v) is 3.32. The van der Waals surface area contributed by atoms with Gasteiger partial charge in [0.25, 0.3) is 0 Å². The number of hydrogen-bond donors (Lipinski definition) is 2. The summed E-state index contributed by atoms with van der Waals surface area (Å²) in [5.74, 6) is 0. The van der Waals surface area contributed by atoms with E-state index in [9.17, 15) is 0 Å². The van der Waals surface area contributed by atoms with Gasteiger partial charge in [-0.05, 0) is 51.8 Å². The van der Waals surface area contributed by atoms with Gasteiger partial charge in [0.05, 0.1) is 0 Å². The minimum absolute atomic E-state index is 0.801. The average Bonchev–Trinajstić information content (AvgIpc) is 2.86. The molecule has 3 rings (SSSR count). The topological polar surface area (TPSA) is 27.8 Å². The van der Waals surface area contributed by atoms with Crippen LogP contribution in [0.4, 0.5) is 5.69 Å². The molecule has 0 radical (unpaired) electrons. The summed E-state index contributed by atoms with van der Waals surface area (Å²) in [6.45, 7) is 0.801. The molecule has 0 saturated heterocycles. The summed E-state index contributed by atoms with van der Waals surface area (Å²) in [4.78, 5) is 3.23. The number of anilines is 1. The van der Waals surface area contributed by atoms with E-state index >= 15 is 0 Å². The lowest BCUT2D eigenvalue weighted by atomic mass is 10.1. The molecule has 0 atom stereocenters. The summed E-state index contributed by atoms with van der Waals surface area (Å²) >= 11 is 7.02. The molecule has 96 valence electrons. The second kappa shape index (κ2) is 5.39. The van der Waals surface area contributed by atoms with Gasteiger partial charge in [-0.2, -0.15) is 0 Å². The van der Waals surface area contributed by atoms with Crippen molar-refractivity contribution in [3.63, 3.8) is 0 Å². The third-order valence-corrected chi connectivity index (χ3v) is 4.24. The Morgan fingerprint density at radius 1 is 1.05 bits per heavy atom. The number of halogens is 2. The fraction of sp³-hybridized carbons (Fsp3) is 0.0667. The Morgan fingerprint density at radius 2 is 1.95 bits per heavy atom. The van der Waals surface area contributed by atoms with Gasteiger partial charge in [0.15, 0.2) is 0 Å². The van der Waals surface area contributed by atoms with E-state index in [-0.39, 0.29) is 0 Å². The first-order chi connectivity index (χ1) is 9.24. The summed E-state index contributed by atoms with van der Waals surface area (Å²) in [6, 6.07) is 14.6. The fourth-order valence-electron chi connectivity index (χ4n) is 2.13. The largest absolute Gasteiger partial charge is 0.380 e. The van der Waals surface area contributed by atoms with E-state index in [4.69, 9.17) is 0 Å². The molecular weight excluding hydrogens is 368 g/mol. The Morgan fingerprint density at radius 3 is 2.79 bits per heavy atom. The van der Waals surface area contributed by atoms with Gasteiger partial charge in [-0.3, -0.25) is 0 Å². The van der Waals surface area contributed by atoms with Crippen LogP contribution in [0.15, 0.2) is 57.6 Å². The molecule has 2 aromatic carbocycles. The van der Waals surface area contributed by atoms with Crippen LogP contribution >= 0.6 is 31.9 Å². The maximum absolute atomic E-state index is 3.56. The Bertz CT molecular complexity index is 719. The van der Waals surface area contributed by atoms with Crippen LogP contribution < -0.4 is 5.32 Å². The lowest BCUT2D eigenvalue weighted by Gasteiger charge is -2.10. The van der Waals surface area contributed by atoms with Crippen LogP contribution in [0.3, 0.4) is 0 Å². The molecule has 4 heteroatoms. The van der Waals surface area contributed by atoms with E-state index < -0.39 is 0 Å². The normalized spacial score (nSPS) is 10.8. The van der Waals surface area contributed by atoms with Crippen molar-refractivity contribution in [1.29, 1.82) is 0 Å². The Kier molecular flexibility index (Phi) is 3.62. The summed E-state index contributed by atoms with van der Waals surface area (Å²) in [5, 5.41) is 4.72. The zero-order chi connectivity index (χ0) is 13.2. The molecule has 2 nitrogen and oxygen atoms in total. The van der Waals surface area contributed by atoms with Crippen LogP contribution in [0.2, 0.25) is 0 Å². The quantitative estimate of drug-likeness (QED) is 0.634. The van der Waals surface area contributed by atoms with Gasteiger partial charge in [-0.25, -0.2) is 0 Å². The number of rotatable bonds is 3. The monoisotopic (exact) mass is 378 g/mol. The number of hydrogen-bond acceptors (Lipinski definition) is 1. The average molecular weight is 380 g/mol. The number of nitrogens with one attached hydrogen (secondary N) is 2. The van der Waals surface area contributed by atoms with Crippen molar-refractivity contribution >= 4 is 48.5 Å². The molecule has 19 heavy (non-hydrogen) atoms. The van der Waals surface area contributed by atoms with Gasteiger partial charge in [-0.15, -0.1) is 0 Å². The summed E-state index contributed by atoms with van der Waals surface area (Å²) in [7, 11) is 0. The SMILES string of the molecule is Brc1ccc(NCc2cccc3[nH]ccc23)c(Br)c1. The van der Waals surface area contributed by atoms with E-state index in [0.717, 1.165) is 21.2 Å². The maximum atomic E-state index is 3.56. The van der Waals surface area contributed by atoms with Crippen LogP contribution in [-0.2, 0) is 6.54 Å². The van der Waals surface area contributed by atoms with Crippen molar-refractivity contribution in [1.82, 2.24) is 4.98 Å². The first-order valence-electron chi connectivity index (χ1n) is 5.98. The van der Waals surface area contributed by atoms with Gasteiger partial charge >= 0.3 is 0 Å². The number of aromatic amines is 1. The van der Waals surface area contributed by atoms with E-state index in [1.807, 2.05) is 18.3 Å². The first kappa shape index (κ1) is 12.8. The molecule has 2 N–H and O–H groups in total. The van der Waals surface area contributed by atoms with Gasteiger partial charge in [0, 0.05) is 38.3 Å². The Labute approximate surface area is 128 Å². The molecule has 0 amide bonds. The number of fused-ring (bicyclic) bond motifs is 1. The highest BCUT2D eigenvalue weighted by atomic mass is 79.9. The maximum Gasteiger partial charge on any atom is 0.0488 e. The van der Waals surface area contributed by atoms with Crippen molar-refractivity contribution in [3.05, 3.63) is 63.2 Å². The zero-order valence-electron chi connectivity index (χ0n) is 10.1. The molecular formula is C15H12Br2N2. The highest BCUT2D eigenvalue weighted by Gasteiger charge is 2.03. The minimum atomic E-state index is 0.801. The number of H-pyrrole nitrogens is 1. The molecule has 0 aliphatic heterocycles. The molecule has 0 fully saturated rings. The van der Waals surface area contributed by atoms with Gasteiger partial charge in [-0.1, -0.05) is 28.1 Å². The third-order valence-electron chi connectivity index (χ3n) is 3.09. The van der Waals surface area contributed by atoms with Crippen LogP contribution in [0.5, 0.6) is 0 Å². The predicted octanol–water partition coefficient (Wildman–Crippen LogP) is 5.31. The van der Waals surface area contributed by atoms with Crippen molar-refractivity contribution in [2.24, 2.45) is 0 Å². The second-order valence-electron chi connectivity index (χ2n) is 4.33. The number of aromatic nitrogens is 1. The van der Waals surface area contributed by atoms with Crippen molar-refractivity contribution in [3.8, 4) is 0 Å². The number of benzene rings is 2. The zero-order valence-corrected chi connectivity index (χ0v) is 13.3. The van der Waals surface area contributed by atoms with Crippen LogP contribution in [0.25, 0.3) is 10.9 Å². The molecule has 0 unspecified atom stereocenters. The molecule has 0 bridgehead atoms. The van der Waals surface area contributed by atoms with Crippen molar-refractivity contribution < 1.29 is 0 Å². The second-order valence-corrected chi connectivity index (χ2v) is 6.10. The van der Waals surface area contributed by atoms with E-state index in [1.54, 1.807) is 0 Å². The Balaban J connectivity index is 1.84. The van der Waals surface area contributed by atoms with Crippen LogP contribution in [0, 0.1) is 0 Å². The molecule has 0 aliphatic carbocycles. The molecule has 0 saturated carbocycles. The summed E-state index contributed by atoms with van der Waals surface area (Å²) < 4.78 is 2.13. The Hall–Kier alpha value is -1.26. The van der Waals surface area contributed by atoms with Crippen LogP contribution in [0.1, 0.15) is 5.56 Å². The molecule has 0 aliphatic rings. The lowest BCUT2D eigenvalue weighted by Crippen LogP contribution is -2.00. The predicted molar refractivity (Wildman–Crippen MR) is 87.5 cm³/mol. The molecule has 1 aromatic heterocycles. The van der Waals surface area contributed by atoms with Gasteiger partial charge < -0.3 is 10.3 Å². The lowest BCUT2D eigenvalue weighted by molar-refractivity contribution is 1.16. The highest BCUT2D eigenvalue weighted by molar-refractivity contribution is 9.11. The minimum Gasteiger partial charge on any atom is -0.380 e. The van der Waals surface area contributed by atoms with E-state index in [0.29, 0.717) is 0 Å². The van der Waals surface area contributed by atoms with Gasteiger partial charge in [0.2, 0.25) is 0 Å². The standard InChI is InChI=1S/C15H12Br2N2/c16-11-4-5-15(13(17)8-11)19-9-10-2-1-3-14-12(10)6-7-18-14/h1-8,18-19H,9H2. The van der Waals surface area contributed by atoms with E-state index in [1.165, 1.54) is 16.5 Å². The highest BCUT2D eigenvalue weighted by Crippen LogP contribution is 2.27. The van der Waals surface area contributed by atoms with Crippen LogP contribution in [-0.4, -0.2) is 4.98 Å². The molecule has 0 spiro atoms. The smallest absolute Gasteiger partial charge is 0.0488 e. The molecule has 3 aromatic rings. The van der Waals surface area contributed by atoms with Gasteiger partial charge in [0.1, 0.15) is 0 Å². The van der Waals surface area contributed by atoms with E-state index in [2.05, 4.69) is 72.5 Å². The van der Waals surface area contributed by atoms with Crippen molar-refractivity contribution in [2.75, 3.05) is 5.32 Å². The summed E-state index contributed by atoms with van der Waals surface area (Å²) in [6.07, 6.45) is 1.98. The third kappa shape index (κ3) is 2.69. The van der Waals surface area contributed by atoms with Crippen molar-refractivity contribution in [2.45, 2.75) is 6.54 Å². The molecule has 1 heterocycles. The first-order valence-corrected chi connectivity index (χ1v) is 7.56. The summed E-state index contributed by atoms with van der Waals surface area (Å²) in [5.41, 5.74) is 3.55.